The molecule has 0 atom stereocenters. The van der Waals surface area contributed by atoms with Gasteiger partial charge in [0.1, 0.15) is 0 Å². The second kappa shape index (κ2) is 13.8. The molecule has 0 radical (unpaired) electrons. The number of hydrogen-bond donors (Lipinski definition) is 3. The van der Waals surface area contributed by atoms with Gasteiger partial charge in [-0.1, -0.05) is 50.5 Å². The molecule has 0 aromatic heterocycles. The van der Waals surface area contributed by atoms with Gasteiger partial charge in [0.25, 0.3) is 0 Å². The van der Waals surface area contributed by atoms with E-state index in [2.05, 4.69) is 29.5 Å². The van der Waals surface area contributed by atoms with Crippen molar-refractivity contribution in [2.45, 2.75) is 52.7 Å². The standard InChI is InChI=1S/C17H29N3O.HI/c1-3-5-6-9-12-19-17(18-4-2)20-13-15-10-7-8-11-16(15)14-21;/h7-8,10-11,21H,3-6,9,12-14H2,1-2H3,(H2,18,19,20);1H. The number of benzene rings is 1. The molecule has 0 spiro atoms. The van der Waals surface area contributed by atoms with Gasteiger partial charge in [0, 0.05) is 13.1 Å². The maximum atomic E-state index is 9.33. The van der Waals surface area contributed by atoms with Crippen LogP contribution in [-0.2, 0) is 13.2 Å². The highest BCUT2D eigenvalue weighted by Crippen LogP contribution is 2.09. The fraction of sp³-hybridized carbons (Fsp3) is 0.588. The van der Waals surface area contributed by atoms with Crippen LogP contribution >= 0.6 is 24.0 Å². The van der Waals surface area contributed by atoms with Gasteiger partial charge in [-0.3, -0.25) is 0 Å². The zero-order valence-electron chi connectivity index (χ0n) is 13.8. The fourth-order valence-corrected chi connectivity index (χ4v) is 2.13. The van der Waals surface area contributed by atoms with Crippen LogP contribution in [0, 0.1) is 0 Å². The molecule has 0 fully saturated rings. The molecule has 0 amide bonds. The van der Waals surface area contributed by atoms with Gasteiger partial charge in [0.15, 0.2) is 5.96 Å². The highest BCUT2D eigenvalue weighted by molar-refractivity contribution is 14.0. The second-order valence-corrected chi connectivity index (χ2v) is 5.11. The van der Waals surface area contributed by atoms with Crippen LogP contribution in [0.5, 0.6) is 0 Å². The predicted molar refractivity (Wildman–Crippen MR) is 105 cm³/mol. The first kappa shape index (κ1) is 21.2. The quantitative estimate of drug-likeness (QED) is 0.249. The number of nitrogens with one attached hydrogen (secondary N) is 2. The molecule has 0 aliphatic rings. The lowest BCUT2D eigenvalue weighted by atomic mass is 10.1. The molecule has 3 N–H and O–H groups in total. The van der Waals surface area contributed by atoms with Crippen LogP contribution in [0.2, 0.25) is 0 Å². The van der Waals surface area contributed by atoms with Crippen LogP contribution < -0.4 is 10.6 Å². The molecule has 0 saturated carbocycles. The Morgan fingerprint density at radius 3 is 2.41 bits per heavy atom. The van der Waals surface area contributed by atoms with Crippen molar-refractivity contribution in [1.29, 1.82) is 0 Å². The monoisotopic (exact) mass is 419 g/mol. The van der Waals surface area contributed by atoms with E-state index in [0.717, 1.165) is 30.2 Å². The van der Waals surface area contributed by atoms with Crippen LogP contribution in [0.15, 0.2) is 29.3 Å². The number of nitrogens with zero attached hydrogens (tertiary/aromatic N) is 1. The molecule has 0 aliphatic carbocycles. The third kappa shape index (κ3) is 8.58. The zero-order chi connectivity index (χ0) is 15.3. The van der Waals surface area contributed by atoms with Crippen LogP contribution in [0.25, 0.3) is 0 Å². The van der Waals surface area contributed by atoms with Gasteiger partial charge in [-0.05, 0) is 24.5 Å². The molecular weight excluding hydrogens is 389 g/mol. The molecule has 1 aromatic rings. The van der Waals surface area contributed by atoms with E-state index in [0.29, 0.717) is 6.54 Å². The summed E-state index contributed by atoms with van der Waals surface area (Å²) < 4.78 is 0. The second-order valence-electron chi connectivity index (χ2n) is 5.11. The van der Waals surface area contributed by atoms with Crippen molar-refractivity contribution >= 4 is 29.9 Å². The minimum atomic E-state index is 0. The van der Waals surface area contributed by atoms with E-state index in [1.165, 1.54) is 25.7 Å². The van der Waals surface area contributed by atoms with Gasteiger partial charge in [-0.2, -0.15) is 0 Å². The van der Waals surface area contributed by atoms with Gasteiger partial charge in [0.2, 0.25) is 0 Å². The summed E-state index contributed by atoms with van der Waals surface area (Å²) in [5, 5.41) is 16.0. The molecule has 0 heterocycles. The van der Waals surface area contributed by atoms with E-state index >= 15 is 0 Å². The molecule has 4 nitrogen and oxygen atoms in total. The molecule has 0 aliphatic heterocycles. The normalized spacial score (nSPS) is 11.0. The Kier molecular flexibility index (Phi) is 13.3. The number of aliphatic hydroxyl groups is 1. The number of hydrogen-bond acceptors (Lipinski definition) is 2. The van der Waals surface area contributed by atoms with E-state index in [4.69, 9.17) is 0 Å². The summed E-state index contributed by atoms with van der Waals surface area (Å²) in [7, 11) is 0. The molecule has 1 rings (SSSR count). The van der Waals surface area contributed by atoms with E-state index in [1.807, 2.05) is 24.3 Å². The molecule has 22 heavy (non-hydrogen) atoms. The first-order valence-electron chi connectivity index (χ1n) is 8.01. The lowest BCUT2D eigenvalue weighted by molar-refractivity contribution is 0.280. The average Bonchev–Trinajstić information content (AvgIpc) is 2.52. The molecule has 5 heteroatoms. The molecule has 1 aromatic carbocycles. The zero-order valence-corrected chi connectivity index (χ0v) is 16.1. The molecular formula is C17H30IN3O. The topological polar surface area (TPSA) is 56.7 Å². The Balaban J connectivity index is 0.00000441. The number of aliphatic imine (C=N–C) groups is 1. The summed E-state index contributed by atoms with van der Waals surface area (Å²) in [6.45, 7) is 6.73. The van der Waals surface area contributed by atoms with Crippen molar-refractivity contribution in [3.8, 4) is 0 Å². The van der Waals surface area contributed by atoms with Gasteiger partial charge in [-0.25, -0.2) is 4.99 Å². The van der Waals surface area contributed by atoms with Crippen LogP contribution in [-0.4, -0.2) is 24.2 Å². The molecule has 126 valence electrons. The van der Waals surface area contributed by atoms with E-state index in [9.17, 15) is 5.11 Å². The minimum Gasteiger partial charge on any atom is -0.392 e. The number of halogens is 1. The Hall–Kier alpha value is -0.820. The van der Waals surface area contributed by atoms with E-state index in [-0.39, 0.29) is 30.6 Å². The van der Waals surface area contributed by atoms with Crippen molar-refractivity contribution in [2.75, 3.05) is 13.1 Å². The smallest absolute Gasteiger partial charge is 0.191 e. The van der Waals surface area contributed by atoms with Crippen molar-refractivity contribution in [3.05, 3.63) is 35.4 Å². The summed E-state index contributed by atoms with van der Waals surface area (Å²) in [4.78, 5) is 4.59. The molecule has 0 saturated heterocycles. The first-order chi connectivity index (χ1) is 10.3. The Morgan fingerprint density at radius 1 is 1.05 bits per heavy atom. The highest BCUT2D eigenvalue weighted by atomic mass is 127. The Morgan fingerprint density at radius 2 is 1.77 bits per heavy atom. The SMILES string of the molecule is CCCCCCNC(=NCc1ccccc1CO)NCC.I. The molecule has 0 bridgehead atoms. The van der Waals surface area contributed by atoms with Crippen molar-refractivity contribution in [3.63, 3.8) is 0 Å². The summed E-state index contributed by atoms with van der Waals surface area (Å²) >= 11 is 0. The highest BCUT2D eigenvalue weighted by Gasteiger charge is 2.01. The van der Waals surface area contributed by atoms with Gasteiger partial charge in [0.05, 0.1) is 13.2 Å². The van der Waals surface area contributed by atoms with Crippen molar-refractivity contribution < 1.29 is 5.11 Å². The third-order valence-electron chi connectivity index (χ3n) is 3.36. The van der Waals surface area contributed by atoms with Gasteiger partial charge >= 0.3 is 0 Å². The first-order valence-corrected chi connectivity index (χ1v) is 8.01. The predicted octanol–water partition coefficient (Wildman–Crippen LogP) is 3.43. The van der Waals surface area contributed by atoms with Gasteiger partial charge < -0.3 is 15.7 Å². The average molecular weight is 419 g/mol. The lowest BCUT2D eigenvalue weighted by Crippen LogP contribution is -2.37. The maximum Gasteiger partial charge on any atom is 0.191 e. The molecule has 0 unspecified atom stereocenters. The van der Waals surface area contributed by atoms with Crippen molar-refractivity contribution in [2.24, 2.45) is 4.99 Å². The summed E-state index contributed by atoms with van der Waals surface area (Å²) in [6, 6.07) is 7.88. The van der Waals surface area contributed by atoms with Gasteiger partial charge in [-0.15, -0.1) is 24.0 Å². The van der Waals surface area contributed by atoms with Crippen molar-refractivity contribution in [1.82, 2.24) is 10.6 Å². The minimum absolute atomic E-state index is 0. The number of aliphatic hydroxyl groups excluding tert-OH is 1. The number of rotatable bonds is 9. The maximum absolute atomic E-state index is 9.33. The third-order valence-corrected chi connectivity index (χ3v) is 3.36. The van der Waals surface area contributed by atoms with Crippen LogP contribution in [0.4, 0.5) is 0 Å². The van der Waals surface area contributed by atoms with Crippen LogP contribution in [0.1, 0.15) is 50.7 Å². The summed E-state index contributed by atoms with van der Waals surface area (Å²) in [5.41, 5.74) is 2.02. The Bertz CT molecular complexity index is 424. The Labute approximate surface area is 151 Å². The van der Waals surface area contributed by atoms with Crippen LogP contribution in [0.3, 0.4) is 0 Å². The van der Waals surface area contributed by atoms with E-state index < -0.39 is 0 Å². The summed E-state index contributed by atoms with van der Waals surface area (Å²) in [6.07, 6.45) is 4.98. The fourth-order valence-electron chi connectivity index (χ4n) is 2.13. The largest absolute Gasteiger partial charge is 0.392 e. The number of guanidine groups is 1. The number of unbranched alkanes of at least 4 members (excludes halogenated alkanes) is 3. The summed E-state index contributed by atoms with van der Waals surface area (Å²) in [5.74, 6) is 0.849. The lowest BCUT2D eigenvalue weighted by Gasteiger charge is -2.12. The van der Waals surface area contributed by atoms with E-state index in [1.54, 1.807) is 0 Å².